The molecule has 0 atom stereocenters. The predicted octanol–water partition coefficient (Wildman–Crippen LogP) is 3.12. The maximum absolute atomic E-state index is 12.3. The van der Waals surface area contributed by atoms with Gasteiger partial charge in [-0.25, -0.2) is 4.79 Å². The largest absolute Gasteiger partial charge is 0.462 e. The monoisotopic (exact) mass is 311 g/mol. The van der Waals surface area contributed by atoms with E-state index < -0.39 is 0 Å². The number of ether oxygens (including phenoxy) is 2. The van der Waals surface area contributed by atoms with E-state index in [4.69, 9.17) is 9.47 Å². The van der Waals surface area contributed by atoms with E-state index in [-0.39, 0.29) is 17.5 Å². The van der Waals surface area contributed by atoms with Crippen LogP contribution in [0.15, 0.2) is 0 Å². The summed E-state index contributed by atoms with van der Waals surface area (Å²) < 4.78 is 10.9. The molecule has 0 aliphatic carbocycles. The summed E-state index contributed by atoms with van der Waals surface area (Å²) in [5, 5.41) is 3.38. The molecular weight excluding hydrogens is 290 g/mol. The van der Waals surface area contributed by atoms with Crippen molar-refractivity contribution in [3.63, 3.8) is 0 Å². The smallest absolute Gasteiger partial charge is 0.341 e. The number of thiophene rings is 1. The molecule has 1 amide bonds. The molecule has 0 aromatic carbocycles. The summed E-state index contributed by atoms with van der Waals surface area (Å²) in [6.45, 7) is 8.30. The van der Waals surface area contributed by atoms with Crippen LogP contribution < -0.4 is 5.32 Å². The minimum Gasteiger partial charge on any atom is -0.462 e. The standard InChI is InChI=1S/C15H21NO4S/c1-5-11(17)16-13-12(14(18)19-6-2)9-7-15(3,4)20-8-10(9)21-13/h5-8H2,1-4H3,(H,16,17). The van der Waals surface area contributed by atoms with Crippen LogP contribution in [0.25, 0.3) is 0 Å². The highest BCUT2D eigenvalue weighted by molar-refractivity contribution is 7.17. The number of carbonyl (C=O) groups excluding carboxylic acids is 2. The average Bonchev–Trinajstić information content (AvgIpc) is 2.74. The summed E-state index contributed by atoms with van der Waals surface area (Å²) in [5.74, 6) is -0.488. The number of hydrogen-bond acceptors (Lipinski definition) is 5. The Labute approximate surface area is 128 Å². The van der Waals surface area contributed by atoms with Gasteiger partial charge in [0.05, 0.1) is 24.4 Å². The summed E-state index contributed by atoms with van der Waals surface area (Å²) >= 11 is 1.40. The normalized spacial score (nSPS) is 16.2. The Morgan fingerprint density at radius 1 is 1.38 bits per heavy atom. The number of nitrogens with one attached hydrogen (secondary N) is 1. The maximum atomic E-state index is 12.3. The summed E-state index contributed by atoms with van der Waals surface area (Å²) in [6.07, 6.45) is 1.00. The molecule has 1 aliphatic heterocycles. The van der Waals surface area contributed by atoms with Crippen LogP contribution in [-0.2, 0) is 27.3 Å². The van der Waals surface area contributed by atoms with E-state index in [1.807, 2.05) is 13.8 Å². The van der Waals surface area contributed by atoms with E-state index in [9.17, 15) is 9.59 Å². The van der Waals surface area contributed by atoms with Crippen molar-refractivity contribution in [2.75, 3.05) is 11.9 Å². The van der Waals surface area contributed by atoms with Gasteiger partial charge < -0.3 is 14.8 Å². The molecule has 1 N–H and O–H groups in total. The molecule has 0 spiro atoms. The number of anilines is 1. The molecule has 2 heterocycles. The van der Waals surface area contributed by atoms with Crippen molar-refractivity contribution in [3.05, 3.63) is 16.0 Å². The topological polar surface area (TPSA) is 64.6 Å². The van der Waals surface area contributed by atoms with Crippen LogP contribution in [0.5, 0.6) is 0 Å². The third kappa shape index (κ3) is 3.44. The quantitative estimate of drug-likeness (QED) is 0.868. The highest BCUT2D eigenvalue weighted by Crippen LogP contribution is 2.40. The Morgan fingerprint density at radius 3 is 2.71 bits per heavy atom. The molecule has 116 valence electrons. The van der Waals surface area contributed by atoms with Crippen molar-refractivity contribution < 1.29 is 19.1 Å². The van der Waals surface area contributed by atoms with Gasteiger partial charge in [0.1, 0.15) is 5.00 Å². The zero-order chi connectivity index (χ0) is 15.6. The van der Waals surface area contributed by atoms with Gasteiger partial charge >= 0.3 is 5.97 Å². The van der Waals surface area contributed by atoms with E-state index in [0.29, 0.717) is 36.6 Å². The van der Waals surface area contributed by atoms with Gasteiger partial charge in [-0.2, -0.15) is 0 Å². The Kier molecular flexibility index (Phi) is 4.68. The third-order valence-corrected chi connectivity index (χ3v) is 4.46. The molecule has 1 aliphatic rings. The van der Waals surface area contributed by atoms with Gasteiger partial charge in [0.15, 0.2) is 0 Å². The van der Waals surface area contributed by atoms with Crippen LogP contribution in [0.1, 0.15) is 54.9 Å². The number of esters is 1. The van der Waals surface area contributed by atoms with Gasteiger partial charge in [-0.05, 0) is 26.3 Å². The van der Waals surface area contributed by atoms with E-state index in [1.165, 1.54) is 11.3 Å². The fourth-order valence-electron chi connectivity index (χ4n) is 2.28. The second-order valence-corrected chi connectivity index (χ2v) is 6.66. The molecule has 21 heavy (non-hydrogen) atoms. The number of carbonyl (C=O) groups is 2. The van der Waals surface area contributed by atoms with Crippen LogP contribution in [0.2, 0.25) is 0 Å². The maximum Gasteiger partial charge on any atom is 0.341 e. The number of amides is 1. The summed E-state index contributed by atoms with van der Waals surface area (Å²) in [7, 11) is 0. The first-order valence-electron chi connectivity index (χ1n) is 7.13. The van der Waals surface area contributed by atoms with Crippen LogP contribution in [0, 0.1) is 0 Å². The van der Waals surface area contributed by atoms with Gasteiger partial charge in [0.2, 0.25) is 5.91 Å². The minimum atomic E-state index is -0.376. The summed E-state index contributed by atoms with van der Waals surface area (Å²) in [6, 6.07) is 0. The van der Waals surface area contributed by atoms with Crippen LogP contribution in [0.3, 0.4) is 0 Å². The van der Waals surface area contributed by atoms with Gasteiger partial charge in [0.25, 0.3) is 0 Å². The second-order valence-electron chi connectivity index (χ2n) is 5.56. The van der Waals surface area contributed by atoms with Crippen LogP contribution in [-0.4, -0.2) is 24.1 Å². The van der Waals surface area contributed by atoms with Crippen molar-refractivity contribution in [2.45, 2.75) is 52.7 Å². The highest BCUT2D eigenvalue weighted by Gasteiger charge is 2.34. The zero-order valence-corrected chi connectivity index (χ0v) is 13.7. The third-order valence-electron chi connectivity index (χ3n) is 3.34. The van der Waals surface area contributed by atoms with Gasteiger partial charge in [-0.15, -0.1) is 11.3 Å². The predicted molar refractivity (Wildman–Crippen MR) is 81.8 cm³/mol. The summed E-state index contributed by atoms with van der Waals surface area (Å²) in [5.41, 5.74) is 1.12. The van der Waals surface area contributed by atoms with Crippen molar-refractivity contribution in [1.82, 2.24) is 0 Å². The van der Waals surface area contributed by atoms with Crippen molar-refractivity contribution in [2.24, 2.45) is 0 Å². The highest BCUT2D eigenvalue weighted by atomic mass is 32.1. The fourth-order valence-corrected chi connectivity index (χ4v) is 3.41. The van der Waals surface area contributed by atoms with Crippen LogP contribution >= 0.6 is 11.3 Å². The van der Waals surface area contributed by atoms with Gasteiger partial charge in [-0.3, -0.25) is 4.79 Å². The van der Waals surface area contributed by atoms with Crippen molar-refractivity contribution >= 4 is 28.2 Å². The number of rotatable bonds is 4. The van der Waals surface area contributed by atoms with E-state index in [1.54, 1.807) is 13.8 Å². The minimum absolute atomic E-state index is 0.112. The Balaban J connectivity index is 2.43. The van der Waals surface area contributed by atoms with E-state index in [0.717, 1.165) is 10.4 Å². The van der Waals surface area contributed by atoms with Crippen molar-refractivity contribution in [1.29, 1.82) is 0 Å². The Morgan fingerprint density at radius 2 is 2.10 bits per heavy atom. The van der Waals surface area contributed by atoms with E-state index in [2.05, 4.69) is 5.32 Å². The first-order chi connectivity index (χ1) is 9.88. The first kappa shape index (κ1) is 16.0. The lowest BCUT2D eigenvalue weighted by molar-refractivity contribution is -0.115. The first-order valence-corrected chi connectivity index (χ1v) is 7.95. The molecule has 0 saturated heterocycles. The molecule has 0 radical (unpaired) electrons. The molecule has 1 aromatic rings. The molecule has 0 saturated carbocycles. The van der Waals surface area contributed by atoms with Gasteiger partial charge in [0, 0.05) is 17.7 Å². The van der Waals surface area contributed by atoms with Crippen molar-refractivity contribution in [3.8, 4) is 0 Å². The molecule has 0 unspecified atom stereocenters. The zero-order valence-electron chi connectivity index (χ0n) is 12.9. The lowest BCUT2D eigenvalue weighted by atomic mass is 9.93. The Bertz CT molecular complexity index is 562. The SMILES string of the molecule is CCOC(=O)c1c(NC(=O)CC)sc2c1CC(C)(C)OC2. The molecule has 6 heteroatoms. The average molecular weight is 311 g/mol. The number of hydrogen-bond donors (Lipinski definition) is 1. The molecule has 1 aromatic heterocycles. The van der Waals surface area contributed by atoms with Crippen LogP contribution in [0.4, 0.5) is 5.00 Å². The fraction of sp³-hybridized carbons (Fsp3) is 0.600. The lowest BCUT2D eigenvalue weighted by Gasteiger charge is -2.30. The molecule has 0 bridgehead atoms. The second kappa shape index (κ2) is 6.15. The van der Waals surface area contributed by atoms with Gasteiger partial charge in [-0.1, -0.05) is 6.92 Å². The summed E-state index contributed by atoms with van der Waals surface area (Å²) in [4.78, 5) is 24.9. The van der Waals surface area contributed by atoms with E-state index >= 15 is 0 Å². The lowest BCUT2D eigenvalue weighted by Crippen LogP contribution is -2.32. The number of fused-ring (bicyclic) bond motifs is 1. The molecular formula is C15H21NO4S. The molecule has 2 rings (SSSR count). The Hall–Kier alpha value is -1.40. The molecule has 5 nitrogen and oxygen atoms in total. The molecule has 0 fully saturated rings.